The summed E-state index contributed by atoms with van der Waals surface area (Å²) in [6, 6.07) is 1.66. The van der Waals surface area contributed by atoms with Crippen molar-refractivity contribution in [3.8, 4) is 0 Å². The van der Waals surface area contributed by atoms with Crippen molar-refractivity contribution < 1.29 is 14.6 Å². The highest BCUT2D eigenvalue weighted by Gasteiger charge is 2.23. The van der Waals surface area contributed by atoms with Crippen LogP contribution in [0, 0.1) is 0 Å². The van der Waals surface area contributed by atoms with E-state index >= 15 is 0 Å². The zero-order valence-corrected chi connectivity index (χ0v) is 5.77. The standard InChI is InChI=1S/C8H8O3/c9-6-1-2-7-5(8(6)10)3-4-11-7/h1-4,6,8-10H. The van der Waals surface area contributed by atoms with Gasteiger partial charge >= 0.3 is 0 Å². The van der Waals surface area contributed by atoms with E-state index in [2.05, 4.69) is 0 Å². The molecule has 2 unspecified atom stereocenters. The number of hydrogen-bond acceptors (Lipinski definition) is 3. The third kappa shape index (κ3) is 0.895. The van der Waals surface area contributed by atoms with E-state index in [1.807, 2.05) is 0 Å². The fourth-order valence-corrected chi connectivity index (χ4v) is 1.19. The van der Waals surface area contributed by atoms with Crippen molar-refractivity contribution in [1.29, 1.82) is 0 Å². The molecule has 0 fully saturated rings. The van der Waals surface area contributed by atoms with E-state index in [1.54, 1.807) is 12.1 Å². The summed E-state index contributed by atoms with van der Waals surface area (Å²) >= 11 is 0. The first-order valence-electron chi connectivity index (χ1n) is 3.41. The van der Waals surface area contributed by atoms with Crippen molar-refractivity contribution in [2.45, 2.75) is 12.2 Å². The first kappa shape index (κ1) is 6.64. The normalized spacial score (nSPS) is 28.5. The molecule has 1 aromatic heterocycles. The van der Waals surface area contributed by atoms with Gasteiger partial charge in [-0.15, -0.1) is 0 Å². The van der Waals surface area contributed by atoms with Crippen LogP contribution in [0.25, 0.3) is 6.08 Å². The van der Waals surface area contributed by atoms with Crippen molar-refractivity contribution in [1.82, 2.24) is 0 Å². The van der Waals surface area contributed by atoms with E-state index in [4.69, 9.17) is 9.52 Å². The van der Waals surface area contributed by atoms with Crippen LogP contribution in [0.4, 0.5) is 0 Å². The summed E-state index contributed by atoms with van der Waals surface area (Å²) < 4.78 is 5.02. The Balaban J connectivity index is 2.48. The minimum atomic E-state index is -0.839. The van der Waals surface area contributed by atoms with Gasteiger partial charge in [0.1, 0.15) is 18.0 Å². The smallest absolute Gasteiger partial charge is 0.132 e. The second-order valence-electron chi connectivity index (χ2n) is 2.53. The minimum absolute atomic E-state index is 0.628. The molecule has 0 saturated carbocycles. The first-order valence-corrected chi connectivity index (χ1v) is 3.41. The largest absolute Gasteiger partial charge is 0.465 e. The van der Waals surface area contributed by atoms with Gasteiger partial charge in [-0.3, -0.25) is 0 Å². The zero-order chi connectivity index (χ0) is 7.84. The molecule has 2 atom stereocenters. The number of aliphatic hydroxyl groups excluding tert-OH is 2. The van der Waals surface area contributed by atoms with E-state index in [-0.39, 0.29) is 0 Å². The second kappa shape index (κ2) is 2.22. The molecule has 11 heavy (non-hydrogen) atoms. The first-order chi connectivity index (χ1) is 5.29. The van der Waals surface area contributed by atoms with E-state index in [1.165, 1.54) is 12.3 Å². The molecular weight excluding hydrogens is 144 g/mol. The Bertz CT molecular complexity index is 287. The summed E-state index contributed by atoms with van der Waals surface area (Å²) in [4.78, 5) is 0. The van der Waals surface area contributed by atoms with Crippen LogP contribution >= 0.6 is 0 Å². The van der Waals surface area contributed by atoms with Gasteiger partial charge in [-0.25, -0.2) is 0 Å². The number of aliphatic hydroxyl groups is 2. The molecule has 0 radical (unpaired) electrons. The molecular formula is C8H8O3. The molecule has 1 aliphatic rings. The molecule has 0 bridgehead atoms. The molecule has 1 aliphatic carbocycles. The summed E-state index contributed by atoms with van der Waals surface area (Å²) in [6.07, 6.45) is 3.02. The van der Waals surface area contributed by atoms with Gasteiger partial charge in [0.05, 0.1) is 6.26 Å². The Kier molecular flexibility index (Phi) is 1.34. The molecule has 0 aromatic carbocycles. The maximum atomic E-state index is 9.36. The summed E-state index contributed by atoms with van der Waals surface area (Å²) in [5.41, 5.74) is 0.653. The number of fused-ring (bicyclic) bond motifs is 1. The van der Waals surface area contributed by atoms with E-state index in [0.29, 0.717) is 11.3 Å². The lowest BCUT2D eigenvalue weighted by Crippen LogP contribution is -2.18. The van der Waals surface area contributed by atoms with Gasteiger partial charge in [-0.05, 0) is 18.2 Å². The van der Waals surface area contributed by atoms with Crippen molar-refractivity contribution in [2.75, 3.05) is 0 Å². The zero-order valence-electron chi connectivity index (χ0n) is 5.77. The highest BCUT2D eigenvalue weighted by atomic mass is 16.3. The van der Waals surface area contributed by atoms with E-state index < -0.39 is 12.2 Å². The maximum Gasteiger partial charge on any atom is 0.132 e. The molecule has 58 valence electrons. The predicted molar refractivity (Wildman–Crippen MR) is 38.7 cm³/mol. The molecule has 0 aliphatic heterocycles. The Morgan fingerprint density at radius 3 is 3.00 bits per heavy atom. The molecule has 3 nitrogen and oxygen atoms in total. The van der Waals surface area contributed by atoms with E-state index in [0.717, 1.165) is 0 Å². The average Bonchev–Trinajstić information content (AvgIpc) is 2.45. The highest BCUT2D eigenvalue weighted by Crippen LogP contribution is 2.28. The minimum Gasteiger partial charge on any atom is -0.465 e. The Morgan fingerprint density at radius 2 is 2.18 bits per heavy atom. The Morgan fingerprint density at radius 1 is 1.36 bits per heavy atom. The highest BCUT2D eigenvalue weighted by molar-refractivity contribution is 5.52. The van der Waals surface area contributed by atoms with Crippen molar-refractivity contribution in [2.24, 2.45) is 0 Å². The predicted octanol–water partition coefficient (Wildman–Crippen LogP) is 0.701. The van der Waals surface area contributed by atoms with Crippen LogP contribution in [0.5, 0.6) is 0 Å². The summed E-state index contributed by atoms with van der Waals surface area (Å²) in [5, 5.41) is 18.5. The van der Waals surface area contributed by atoms with Crippen LogP contribution < -0.4 is 0 Å². The monoisotopic (exact) mass is 152 g/mol. The van der Waals surface area contributed by atoms with Crippen LogP contribution in [0.2, 0.25) is 0 Å². The Hall–Kier alpha value is -1.06. The summed E-state index contributed by atoms with van der Waals surface area (Å²) in [7, 11) is 0. The molecule has 0 spiro atoms. The molecule has 0 amide bonds. The van der Waals surface area contributed by atoms with Gasteiger partial charge in [0.15, 0.2) is 0 Å². The van der Waals surface area contributed by atoms with Crippen molar-refractivity contribution >= 4 is 6.08 Å². The third-order valence-corrected chi connectivity index (χ3v) is 1.81. The lowest BCUT2D eigenvalue weighted by molar-refractivity contribution is 0.0462. The quantitative estimate of drug-likeness (QED) is 0.575. The van der Waals surface area contributed by atoms with Crippen LogP contribution in [0.3, 0.4) is 0 Å². The lowest BCUT2D eigenvalue weighted by atomic mass is 9.99. The average molecular weight is 152 g/mol. The van der Waals surface area contributed by atoms with Crippen LogP contribution in [0.1, 0.15) is 17.4 Å². The van der Waals surface area contributed by atoms with E-state index in [9.17, 15) is 5.11 Å². The van der Waals surface area contributed by atoms with Gasteiger partial charge in [-0.2, -0.15) is 0 Å². The fraction of sp³-hybridized carbons (Fsp3) is 0.250. The SMILES string of the molecule is OC1C=Cc2occc2C1O. The molecule has 0 saturated heterocycles. The van der Waals surface area contributed by atoms with Crippen LogP contribution in [-0.4, -0.2) is 16.3 Å². The number of hydrogen-bond donors (Lipinski definition) is 2. The summed E-state index contributed by atoms with van der Waals surface area (Å²) in [5.74, 6) is 0.628. The van der Waals surface area contributed by atoms with Crippen LogP contribution in [0.15, 0.2) is 22.8 Å². The number of rotatable bonds is 0. The van der Waals surface area contributed by atoms with Gasteiger partial charge < -0.3 is 14.6 Å². The molecule has 3 heteroatoms. The van der Waals surface area contributed by atoms with Gasteiger partial charge in [-0.1, -0.05) is 0 Å². The Labute approximate surface area is 63.6 Å². The summed E-state index contributed by atoms with van der Waals surface area (Å²) in [6.45, 7) is 0. The molecule has 2 rings (SSSR count). The molecule has 1 heterocycles. The fourth-order valence-electron chi connectivity index (χ4n) is 1.19. The van der Waals surface area contributed by atoms with Crippen molar-refractivity contribution in [3.63, 3.8) is 0 Å². The topological polar surface area (TPSA) is 53.6 Å². The van der Waals surface area contributed by atoms with Crippen LogP contribution in [-0.2, 0) is 0 Å². The van der Waals surface area contributed by atoms with Crippen molar-refractivity contribution in [3.05, 3.63) is 29.7 Å². The third-order valence-electron chi connectivity index (χ3n) is 1.81. The van der Waals surface area contributed by atoms with Gasteiger partial charge in [0.2, 0.25) is 0 Å². The number of furan rings is 1. The molecule has 1 aromatic rings. The second-order valence-corrected chi connectivity index (χ2v) is 2.53. The van der Waals surface area contributed by atoms with Gasteiger partial charge in [0, 0.05) is 5.56 Å². The van der Waals surface area contributed by atoms with Gasteiger partial charge in [0.25, 0.3) is 0 Å². The lowest BCUT2D eigenvalue weighted by Gasteiger charge is -2.17. The molecule has 2 N–H and O–H groups in total. The maximum absolute atomic E-state index is 9.36.